The van der Waals surface area contributed by atoms with Gasteiger partial charge in [0.15, 0.2) is 0 Å². The molecule has 1 aliphatic heterocycles. The average Bonchev–Trinajstić information content (AvgIpc) is 2.16. The molecular formula is C11H18N4. The van der Waals surface area contributed by atoms with Crippen LogP contribution >= 0.6 is 0 Å². The van der Waals surface area contributed by atoms with E-state index in [1.165, 1.54) is 11.3 Å². The van der Waals surface area contributed by atoms with Crippen LogP contribution in [0.15, 0.2) is 0 Å². The van der Waals surface area contributed by atoms with Crippen LogP contribution in [0.5, 0.6) is 0 Å². The van der Waals surface area contributed by atoms with Gasteiger partial charge in [0.05, 0.1) is 5.69 Å². The maximum atomic E-state index is 4.49. The van der Waals surface area contributed by atoms with E-state index in [0.717, 1.165) is 31.2 Å². The van der Waals surface area contributed by atoms with Crippen LogP contribution in [-0.2, 0) is 13.0 Å². The topological polar surface area (TPSA) is 49.8 Å². The van der Waals surface area contributed by atoms with Crippen LogP contribution in [0.2, 0.25) is 0 Å². The standard InChI is InChI=1S/C11H18N4/c1-7(2)13-11-9-6-12-5-4-10(9)14-8(3)15-11/h7,12H,4-6H2,1-3H3,(H,13,14,15). The van der Waals surface area contributed by atoms with Gasteiger partial charge in [0.25, 0.3) is 0 Å². The highest BCUT2D eigenvalue weighted by Gasteiger charge is 2.16. The molecule has 15 heavy (non-hydrogen) atoms. The first-order chi connectivity index (χ1) is 7.16. The summed E-state index contributed by atoms with van der Waals surface area (Å²) in [6.45, 7) is 8.10. The van der Waals surface area contributed by atoms with E-state index in [4.69, 9.17) is 0 Å². The van der Waals surface area contributed by atoms with Gasteiger partial charge in [-0.05, 0) is 20.8 Å². The fourth-order valence-electron chi connectivity index (χ4n) is 1.86. The second kappa shape index (κ2) is 4.14. The summed E-state index contributed by atoms with van der Waals surface area (Å²) in [6.07, 6.45) is 1.01. The third kappa shape index (κ3) is 2.26. The zero-order valence-electron chi connectivity index (χ0n) is 9.59. The fraction of sp³-hybridized carbons (Fsp3) is 0.636. The molecule has 0 saturated carbocycles. The van der Waals surface area contributed by atoms with Crippen molar-refractivity contribution in [2.45, 2.75) is 39.8 Å². The molecule has 0 radical (unpaired) electrons. The molecule has 4 heteroatoms. The van der Waals surface area contributed by atoms with E-state index >= 15 is 0 Å². The van der Waals surface area contributed by atoms with E-state index in [1.54, 1.807) is 0 Å². The lowest BCUT2D eigenvalue weighted by molar-refractivity contribution is 0.623. The van der Waals surface area contributed by atoms with Gasteiger partial charge in [-0.15, -0.1) is 0 Å². The normalized spacial score (nSPS) is 15.2. The Kier molecular flexibility index (Phi) is 2.86. The zero-order valence-corrected chi connectivity index (χ0v) is 9.59. The molecule has 82 valence electrons. The second-order valence-corrected chi connectivity index (χ2v) is 4.27. The number of nitrogens with zero attached hydrogens (tertiary/aromatic N) is 2. The van der Waals surface area contributed by atoms with Crippen LogP contribution < -0.4 is 10.6 Å². The second-order valence-electron chi connectivity index (χ2n) is 4.27. The molecule has 0 spiro atoms. The van der Waals surface area contributed by atoms with Gasteiger partial charge in [0, 0.05) is 31.1 Å². The number of rotatable bonds is 2. The molecule has 0 unspecified atom stereocenters. The van der Waals surface area contributed by atoms with Crippen molar-refractivity contribution in [3.63, 3.8) is 0 Å². The molecule has 0 bridgehead atoms. The highest BCUT2D eigenvalue weighted by atomic mass is 15.1. The summed E-state index contributed by atoms with van der Waals surface area (Å²) >= 11 is 0. The number of aromatic nitrogens is 2. The van der Waals surface area contributed by atoms with Crippen LogP contribution in [0.4, 0.5) is 5.82 Å². The molecule has 0 aromatic carbocycles. The predicted molar refractivity (Wildman–Crippen MR) is 60.9 cm³/mol. The zero-order chi connectivity index (χ0) is 10.8. The van der Waals surface area contributed by atoms with Gasteiger partial charge >= 0.3 is 0 Å². The predicted octanol–water partition coefficient (Wildman–Crippen LogP) is 1.25. The highest BCUT2D eigenvalue weighted by molar-refractivity contribution is 5.48. The molecule has 1 aromatic rings. The Hall–Kier alpha value is -1.16. The molecule has 4 nitrogen and oxygen atoms in total. The van der Waals surface area contributed by atoms with Gasteiger partial charge in [0.1, 0.15) is 11.6 Å². The summed E-state index contributed by atoms with van der Waals surface area (Å²) in [5.41, 5.74) is 2.44. The minimum Gasteiger partial charge on any atom is -0.368 e. The Morgan fingerprint density at radius 2 is 2.13 bits per heavy atom. The number of hydrogen-bond acceptors (Lipinski definition) is 4. The smallest absolute Gasteiger partial charge is 0.134 e. The lowest BCUT2D eigenvalue weighted by Gasteiger charge is -2.21. The molecule has 0 fully saturated rings. The van der Waals surface area contributed by atoms with E-state index in [2.05, 4.69) is 34.4 Å². The first kappa shape index (κ1) is 10.4. The SMILES string of the molecule is Cc1nc2c(c(NC(C)C)n1)CNCC2. The van der Waals surface area contributed by atoms with E-state index in [0.29, 0.717) is 6.04 Å². The molecule has 0 saturated heterocycles. The van der Waals surface area contributed by atoms with Crippen molar-refractivity contribution in [2.75, 3.05) is 11.9 Å². The van der Waals surface area contributed by atoms with Gasteiger partial charge in [-0.3, -0.25) is 0 Å². The maximum Gasteiger partial charge on any atom is 0.134 e. The Balaban J connectivity index is 2.38. The van der Waals surface area contributed by atoms with Crippen LogP contribution in [-0.4, -0.2) is 22.6 Å². The first-order valence-corrected chi connectivity index (χ1v) is 5.50. The molecule has 0 amide bonds. The Morgan fingerprint density at radius 3 is 2.87 bits per heavy atom. The van der Waals surface area contributed by atoms with Gasteiger partial charge < -0.3 is 10.6 Å². The quantitative estimate of drug-likeness (QED) is 0.764. The van der Waals surface area contributed by atoms with Crippen molar-refractivity contribution >= 4 is 5.82 Å². The van der Waals surface area contributed by atoms with E-state index in [1.807, 2.05) is 6.92 Å². The lowest BCUT2D eigenvalue weighted by atomic mass is 10.1. The van der Waals surface area contributed by atoms with Gasteiger partial charge in [-0.1, -0.05) is 0 Å². The maximum absolute atomic E-state index is 4.49. The first-order valence-electron chi connectivity index (χ1n) is 5.50. The largest absolute Gasteiger partial charge is 0.368 e. The molecule has 1 aromatic heterocycles. The summed E-state index contributed by atoms with van der Waals surface area (Å²) in [5, 5.41) is 6.74. The van der Waals surface area contributed by atoms with Crippen molar-refractivity contribution in [1.82, 2.24) is 15.3 Å². The summed E-state index contributed by atoms with van der Waals surface area (Å²) in [6, 6.07) is 0.408. The molecule has 1 aliphatic rings. The minimum absolute atomic E-state index is 0.408. The summed E-state index contributed by atoms with van der Waals surface area (Å²) < 4.78 is 0. The van der Waals surface area contributed by atoms with E-state index in [-0.39, 0.29) is 0 Å². The molecule has 2 rings (SSSR count). The fourth-order valence-corrected chi connectivity index (χ4v) is 1.86. The van der Waals surface area contributed by atoms with Crippen LogP contribution in [0, 0.1) is 6.92 Å². The molecule has 2 heterocycles. The monoisotopic (exact) mass is 206 g/mol. The summed E-state index contributed by atoms with van der Waals surface area (Å²) in [5.74, 6) is 1.86. The Morgan fingerprint density at radius 1 is 1.33 bits per heavy atom. The number of nitrogens with one attached hydrogen (secondary N) is 2. The van der Waals surface area contributed by atoms with Crippen molar-refractivity contribution in [2.24, 2.45) is 0 Å². The van der Waals surface area contributed by atoms with Gasteiger partial charge in [-0.25, -0.2) is 9.97 Å². The van der Waals surface area contributed by atoms with Crippen molar-refractivity contribution in [1.29, 1.82) is 0 Å². The number of hydrogen-bond donors (Lipinski definition) is 2. The Bertz CT molecular complexity index is 360. The van der Waals surface area contributed by atoms with Crippen molar-refractivity contribution < 1.29 is 0 Å². The molecular weight excluding hydrogens is 188 g/mol. The van der Waals surface area contributed by atoms with E-state index in [9.17, 15) is 0 Å². The Labute approximate surface area is 90.5 Å². The third-order valence-electron chi connectivity index (χ3n) is 2.47. The number of fused-ring (bicyclic) bond motifs is 1. The number of anilines is 1. The molecule has 2 N–H and O–H groups in total. The van der Waals surface area contributed by atoms with Crippen LogP contribution in [0.25, 0.3) is 0 Å². The van der Waals surface area contributed by atoms with Crippen LogP contribution in [0.3, 0.4) is 0 Å². The summed E-state index contributed by atoms with van der Waals surface area (Å²) in [4.78, 5) is 8.95. The number of aryl methyl sites for hydroxylation is 1. The van der Waals surface area contributed by atoms with E-state index < -0.39 is 0 Å². The van der Waals surface area contributed by atoms with Gasteiger partial charge in [-0.2, -0.15) is 0 Å². The molecule has 0 atom stereocenters. The highest BCUT2D eigenvalue weighted by Crippen LogP contribution is 2.20. The van der Waals surface area contributed by atoms with Gasteiger partial charge in [0.2, 0.25) is 0 Å². The minimum atomic E-state index is 0.408. The lowest BCUT2D eigenvalue weighted by Crippen LogP contribution is -2.27. The molecule has 0 aliphatic carbocycles. The van der Waals surface area contributed by atoms with Crippen molar-refractivity contribution in [3.05, 3.63) is 17.1 Å². The average molecular weight is 206 g/mol. The van der Waals surface area contributed by atoms with Crippen molar-refractivity contribution in [3.8, 4) is 0 Å². The summed E-state index contributed by atoms with van der Waals surface area (Å²) in [7, 11) is 0. The van der Waals surface area contributed by atoms with Crippen LogP contribution in [0.1, 0.15) is 30.9 Å². The third-order valence-corrected chi connectivity index (χ3v) is 2.47.